The maximum atomic E-state index is 12.2. The summed E-state index contributed by atoms with van der Waals surface area (Å²) in [5.74, 6) is -1.01. The van der Waals surface area contributed by atoms with Gasteiger partial charge in [-0.1, -0.05) is 47.5 Å². The normalized spacial score (nSPS) is 12.1. The summed E-state index contributed by atoms with van der Waals surface area (Å²) in [5.41, 5.74) is 0.672. The van der Waals surface area contributed by atoms with Gasteiger partial charge in [0.15, 0.2) is 0 Å². The number of aliphatic imine (C=N–C) groups is 1. The second-order valence-electron chi connectivity index (χ2n) is 4.67. The number of esters is 1. The van der Waals surface area contributed by atoms with Crippen LogP contribution in [0.4, 0.5) is 5.69 Å². The third-order valence-electron chi connectivity index (χ3n) is 3.06. The molecule has 0 fully saturated rings. The number of aliphatic hydroxyl groups excluding tert-OH is 1. The van der Waals surface area contributed by atoms with E-state index in [1.54, 1.807) is 55.5 Å². The molecule has 2 aromatic carbocycles. The first-order chi connectivity index (χ1) is 11.5. The monoisotopic (exact) mass is 363 g/mol. The van der Waals surface area contributed by atoms with E-state index in [1.807, 2.05) is 0 Å². The summed E-state index contributed by atoms with van der Waals surface area (Å²) >= 11 is 12.1. The van der Waals surface area contributed by atoms with E-state index in [0.717, 1.165) is 0 Å². The van der Waals surface area contributed by atoms with Gasteiger partial charge in [-0.05, 0) is 31.2 Å². The summed E-state index contributed by atoms with van der Waals surface area (Å²) in [4.78, 5) is 16.3. The van der Waals surface area contributed by atoms with Gasteiger partial charge in [0.05, 0.1) is 22.3 Å². The summed E-state index contributed by atoms with van der Waals surface area (Å²) in [6.45, 7) is 1.84. The fourth-order valence-corrected chi connectivity index (χ4v) is 2.32. The van der Waals surface area contributed by atoms with Gasteiger partial charge in [-0.25, -0.2) is 4.79 Å². The molecule has 0 bridgehead atoms. The molecule has 0 heterocycles. The van der Waals surface area contributed by atoms with Crippen LogP contribution in [0, 0.1) is 0 Å². The van der Waals surface area contributed by atoms with Crippen LogP contribution in [0.5, 0.6) is 0 Å². The van der Waals surface area contributed by atoms with Crippen molar-refractivity contribution in [3.8, 4) is 0 Å². The first-order valence-electron chi connectivity index (χ1n) is 7.18. The fraction of sp³-hybridized carbons (Fsp3) is 0.111. The lowest BCUT2D eigenvalue weighted by atomic mass is 10.1. The van der Waals surface area contributed by atoms with Crippen molar-refractivity contribution in [1.29, 1.82) is 0 Å². The second-order valence-corrected chi connectivity index (χ2v) is 5.49. The Morgan fingerprint density at radius 3 is 2.38 bits per heavy atom. The summed E-state index contributed by atoms with van der Waals surface area (Å²) in [6, 6.07) is 13.5. The number of rotatable bonds is 5. The fourth-order valence-electron chi connectivity index (χ4n) is 1.91. The molecule has 0 aromatic heterocycles. The highest BCUT2D eigenvalue weighted by molar-refractivity contribution is 6.33. The SMILES string of the molecule is CCOC(=O)/C(C=Nc1ccccc1Cl)=C(/O)c1ccccc1Cl. The molecule has 2 rings (SSSR count). The van der Waals surface area contributed by atoms with E-state index in [0.29, 0.717) is 21.3 Å². The van der Waals surface area contributed by atoms with E-state index < -0.39 is 5.97 Å². The zero-order valence-electron chi connectivity index (χ0n) is 12.9. The van der Waals surface area contributed by atoms with E-state index in [4.69, 9.17) is 27.9 Å². The number of nitrogens with zero attached hydrogens (tertiary/aromatic N) is 1. The number of ether oxygens (including phenoxy) is 1. The molecule has 0 radical (unpaired) electrons. The minimum Gasteiger partial charge on any atom is -0.506 e. The first kappa shape index (κ1) is 18.0. The Bertz CT molecular complexity index is 800. The van der Waals surface area contributed by atoms with Crippen molar-refractivity contribution in [2.45, 2.75) is 6.92 Å². The van der Waals surface area contributed by atoms with Crippen molar-refractivity contribution in [2.75, 3.05) is 6.61 Å². The van der Waals surface area contributed by atoms with E-state index in [2.05, 4.69) is 4.99 Å². The summed E-state index contributed by atoms with van der Waals surface area (Å²) in [7, 11) is 0. The van der Waals surface area contributed by atoms with Crippen LogP contribution in [-0.2, 0) is 9.53 Å². The predicted octanol–water partition coefficient (Wildman–Crippen LogP) is 5.23. The Morgan fingerprint density at radius 2 is 1.75 bits per heavy atom. The number of aliphatic hydroxyl groups is 1. The molecule has 124 valence electrons. The highest BCUT2D eigenvalue weighted by atomic mass is 35.5. The molecule has 24 heavy (non-hydrogen) atoms. The van der Waals surface area contributed by atoms with Crippen LogP contribution >= 0.6 is 23.2 Å². The Labute approximate surface area is 150 Å². The van der Waals surface area contributed by atoms with Gasteiger partial charge >= 0.3 is 5.97 Å². The van der Waals surface area contributed by atoms with E-state index in [1.165, 1.54) is 6.21 Å². The number of carbonyl (C=O) groups is 1. The van der Waals surface area contributed by atoms with Crippen molar-refractivity contribution < 1.29 is 14.6 Å². The molecule has 2 aromatic rings. The Kier molecular flexibility index (Phi) is 6.41. The molecule has 0 aliphatic heterocycles. The smallest absolute Gasteiger partial charge is 0.343 e. The van der Waals surface area contributed by atoms with Crippen LogP contribution in [0.1, 0.15) is 12.5 Å². The lowest BCUT2D eigenvalue weighted by Gasteiger charge is -2.08. The van der Waals surface area contributed by atoms with Gasteiger partial charge in [0.25, 0.3) is 0 Å². The van der Waals surface area contributed by atoms with Crippen LogP contribution in [0.3, 0.4) is 0 Å². The lowest BCUT2D eigenvalue weighted by Crippen LogP contribution is -2.11. The van der Waals surface area contributed by atoms with Crippen molar-refractivity contribution in [3.05, 3.63) is 69.7 Å². The van der Waals surface area contributed by atoms with E-state index in [9.17, 15) is 9.90 Å². The van der Waals surface area contributed by atoms with Crippen LogP contribution in [0.15, 0.2) is 59.1 Å². The minimum atomic E-state index is -0.703. The molecule has 0 saturated heterocycles. The van der Waals surface area contributed by atoms with Crippen molar-refractivity contribution in [3.63, 3.8) is 0 Å². The molecule has 6 heteroatoms. The molecule has 0 unspecified atom stereocenters. The van der Waals surface area contributed by atoms with Crippen LogP contribution in [-0.4, -0.2) is 23.9 Å². The highest BCUT2D eigenvalue weighted by Gasteiger charge is 2.18. The zero-order valence-corrected chi connectivity index (χ0v) is 14.4. The minimum absolute atomic E-state index is 0.107. The number of halogens is 2. The number of para-hydroxylation sites is 1. The number of hydrogen-bond acceptors (Lipinski definition) is 4. The molecule has 0 spiro atoms. The molecule has 0 aliphatic carbocycles. The quantitative estimate of drug-likeness (QED) is 0.342. The zero-order chi connectivity index (χ0) is 17.5. The highest BCUT2D eigenvalue weighted by Crippen LogP contribution is 2.26. The number of benzene rings is 2. The van der Waals surface area contributed by atoms with Crippen LogP contribution in [0.25, 0.3) is 5.76 Å². The van der Waals surface area contributed by atoms with Crippen molar-refractivity contribution in [2.24, 2.45) is 4.99 Å². The van der Waals surface area contributed by atoms with Gasteiger partial charge in [0.1, 0.15) is 11.3 Å². The summed E-state index contributed by atoms with van der Waals surface area (Å²) in [6.07, 6.45) is 1.22. The topological polar surface area (TPSA) is 58.9 Å². The van der Waals surface area contributed by atoms with E-state index >= 15 is 0 Å². The van der Waals surface area contributed by atoms with E-state index in [-0.39, 0.29) is 17.9 Å². The Balaban J connectivity index is 2.49. The molecule has 1 N–H and O–H groups in total. The Morgan fingerprint density at radius 1 is 1.12 bits per heavy atom. The van der Waals surface area contributed by atoms with Crippen molar-refractivity contribution >= 4 is 46.8 Å². The average molecular weight is 364 g/mol. The van der Waals surface area contributed by atoms with Gasteiger partial charge in [0.2, 0.25) is 0 Å². The standard InChI is InChI=1S/C18H15Cl2NO3/c1-2-24-18(23)13(11-21-16-10-6-5-9-15(16)20)17(22)12-7-3-4-8-14(12)19/h3-11,22H,2H2,1H3/b17-13+,21-11?. The maximum Gasteiger partial charge on any atom is 0.343 e. The first-order valence-corrected chi connectivity index (χ1v) is 7.94. The molecule has 4 nitrogen and oxygen atoms in total. The Hall–Kier alpha value is -2.30. The van der Waals surface area contributed by atoms with Gasteiger partial charge in [-0.3, -0.25) is 4.99 Å². The molecular weight excluding hydrogens is 349 g/mol. The molecule has 0 saturated carbocycles. The molecular formula is C18H15Cl2NO3. The van der Waals surface area contributed by atoms with Gasteiger partial charge in [-0.15, -0.1) is 0 Å². The van der Waals surface area contributed by atoms with Crippen LogP contribution < -0.4 is 0 Å². The third kappa shape index (κ3) is 4.37. The largest absolute Gasteiger partial charge is 0.506 e. The maximum absolute atomic E-state index is 12.2. The number of hydrogen-bond donors (Lipinski definition) is 1. The molecule has 0 atom stereocenters. The average Bonchev–Trinajstić information content (AvgIpc) is 2.57. The molecule has 0 amide bonds. The van der Waals surface area contributed by atoms with Crippen molar-refractivity contribution in [1.82, 2.24) is 0 Å². The molecule has 0 aliphatic rings. The van der Waals surface area contributed by atoms with Gasteiger partial charge < -0.3 is 9.84 Å². The third-order valence-corrected chi connectivity index (χ3v) is 3.71. The number of carbonyl (C=O) groups excluding carboxylic acids is 1. The van der Waals surface area contributed by atoms with Gasteiger partial charge in [0, 0.05) is 11.8 Å². The lowest BCUT2D eigenvalue weighted by molar-refractivity contribution is -0.137. The summed E-state index contributed by atoms with van der Waals surface area (Å²) in [5, 5.41) is 11.2. The van der Waals surface area contributed by atoms with Gasteiger partial charge in [-0.2, -0.15) is 0 Å². The second kappa shape index (κ2) is 8.52. The summed E-state index contributed by atoms with van der Waals surface area (Å²) < 4.78 is 4.98. The predicted molar refractivity (Wildman–Crippen MR) is 97.2 cm³/mol. The van der Waals surface area contributed by atoms with Crippen LogP contribution in [0.2, 0.25) is 10.0 Å².